The topological polar surface area (TPSA) is 47.0 Å². The van der Waals surface area contributed by atoms with Crippen LogP contribution in [0.4, 0.5) is 19.0 Å². The van der Waals surface area contributed by atoms with Crippen LogP contribution in [-0.4, -0.2) is 22.6 Å². The minimum absolute atomic E-state index is 0.123. The Morgan fingerprint density at radius 2 is 1.89 bits per heavy atom. The summed E-state index contributed by atoms with van der Waals surface area (Å²) in [5, 5.41) is 3.53. The van der Waals surface area contributed by atoms with Gasteiger partial charge in [0.1, 0.15) is 5.82 Å². The molecule has 1 fully saturated rings. The minimum Gasteiger partial charge on any atom is -0.376 e. The standard InChI is InChI=1S/C19H19ClF3N3O/c1-10(11-2-3-11)24-17-15-9-27-8-14(16(15)25-18(20)26-17)12-4-6-13(7-5-12)19(21,22)23/h4-7,10-11,14H,2-3,8-9H2,1H3,(H,24,25,26). The molecular weight excluding hydrogens is 379 g/mol. The fraction of sp³-hybridized carbons (Fsp3) is 0.474. The third kappa shape index (κ3) is 3.89. The lowest BCUT2D eigenvalue weighted by molar-refractivity contribution is -0.137. The van der Waals surface area contributed by atoms with Crippen LogP contribution in [0.25, 0.3) is 0 Å². The second-order valence-electron chi connectivity index (χ2n) is 7.16. The van der Waals surface area contributed by atoms with Gasteiger partial charge >= 0.3 is 6.18 Å². The zero-order chi connectivity index (χ0) is 19.2. The van der Waals surface area contributed by atoms with Crippen LogP contribution in [0.1, 0.15) is 48.1 Å². The summed E-state index contributed by atoms with van der Waals surface area (Å²) in [5.41, 5.74) is 1.57. The second-order valence-corrected chi connectivity index (χ2v) is 7.50. The lowest BCUT2D eigenvalue weighted by Crippen LogP contribution is -2.25. The molecular formula is C19H19ClF3N3O. The molecule has 27 heavy (non-hydrogen) atoms. The number of hydrogen-bond donors (Lipinski definition) is 1. The molecule has 2 heterocycles. The number of alkyl halides is 3. The molecule has 1 saturated carbocycles. The molecule has 4 nitrogen and oxygen atoms in total. The summed E-state index contributed by atoms with van der Waals surface area (Å²) < 4.78 is 44.2. The molecule has 2 aliphatic rings. The summed E-state index contributed by atoms with van der Waals surface area (Å²) in [4.78, 5) is 8.71. The van der Waals surface area contributed by atoms with Crippen molar-refractivity contribution in [2.75, 3.05) is 11.9 Å². The summed E-state index contributed by atoms with van der Waals surface area (Å²) >= 11 is 6.15. The van der Waals surface area contributed by atoms with Gasteiger partial charge in [0.05, 0.1) is 30.4 Å². The lowest BCUT2D eigenvalue weighted by atomic mass is 9.91. The Labute approximate surface area is 160 Å². The quantitative estimate of drug-likeness (QED) is 0.736. The van der Waals surface area contributed by atoms with Crippen LogP contribution in [-0.2, 0) is 17.5 Å². The number of rotatable bonds is 4. The van der Waals surface area contributed by atoms with Gasteiger partial charge in [-0.3, -0.25) is 0 Å². The fourth-order valence-corrected chi connectivity index (χ4v) is 3.64. The molecule has 2 aromatic rings. The number of nitrogens with zero attached hydrogens (tertiary/aromatic N) is 2. The molecule has 1 aromatic heterocycles. The van der Waals surface area contributed by atoms with Crippen LogP contribution >= 0.6 is 11.6 Å². The molecule has 0 bridgehead atoms. The van der Waals surface area contributed by atoms with Crippen LogP contribution < -0.4 is 5.32 Å². The third-order valence-corrected chi connectivity index (χ3v) is 5.38. The number of benzene rings is 1. The van der Waals surface area contributed by atoms with E-state index in [1.54, 1.807) is 0 Å². The molecule has 1 aliphatic carbocycles. The number of anilines is 1. The Morgan fingerprint density at radius 3 is 2.52 bits per heavy atom. The van der Waals surface area contributed by atoms with Gasteiger partial charge in [0.25, 0.3) is 0 Å². The highest BCUT2D eigenvalue weighted by molar-refractivity contribution is 6.28. The van der Waals surface area contributed by atoms with Gasteiger partial charge < -0.3 is 10.1 Å². The molecule has 2 unspecified atom stereocenters. The van der Waals surface area contributed by atoms with E-state index in [1.807, 2.05) is 0 Å². The van der Waals surface area contributed by atoms with Gasteiger partial charge in [-0.15, -0.1) is 0 Å². The van der Waals surface area contributed by atoms with Crippen LogP contribution in [0.15, 0.2) is 24.3 Å². The Balaban J connectivity index is 1.67. The largest absolute Gasteiger partial charge is 0.416 e. The first-order chi connectivity index (χ1) is 12.8. The second kappa shape index (κ2) is 6.95. The SMILES string of the molecule is CC(Nc1nc(Cl)nc2c1COCC2c1ccc(C(F)(F)F)cc1)C1CC1. The molecule has 0 radical (unpaired) electrons. The van der Waals surface area contributed by atoms with E-state index in [0.717, 1.165) is 17.7 Å². The van der Waals surface area contributed by atoms with Crippen LogP contribution in [0.2, 0.25) is 5.28 Å². The molecule has 8 heteroatoms. The molecule has 0 amide bonds. The van der Waals surface area contributed by atoms with E-state index in [-0.39, 0.29) is 17.2 Å². The zero-order valence-corrected chi connectivity index (χ0v) is 15.4. The zero-order valence-electron chi connectivity index (χ0n) is 14.7. The highest BCUT2D eigenvalue weighted by atomic mass is 35.5. The summed E-state index contributed by atoms with van der Waals surface area (Å²) in [6.45, 7) is 2.80. The van der Waals surface area contributed by atoms with Gasteiger partial charge in [-0.2, -0.15) is 13.2 Å². The predicted molar refractivity (Wildman–Crippen MR) is 95.8 cm³/mol. The Kier molecular flexibility index (Phi) is 4.76. The maximum atomic E-state index is 12.8. The number of aromatic nitrogens is 2. The van der Waals surface area contributed by atoms with Crippen LogP contribution in [0.5, 0.6) is 0 Å². The van der Waals surface area contributed by atoms with Crippen LogP contribution in [0, 0.1) is 5.92 Å². The number of halogens is 4. The predicted octanol–water partition coefficient (Wildman–Crippen LogP) is 5.02. The molecule has 4 rings (SSSR count). The van der Waals surface area contributed by atoms with Crippen molar-refractivity contribution in [1.82, 2.24) is 9.97 Å². The van der Waals surface area contributed by atoms with E-state index in [0.29, 0.717) is 36.2 Å². The number of hydrogen-bond acceptors (Lipinski definition) is 4. The van der Waals surface area contributed by atoms with Gasteiger partial charge in [-0.1, -0.05) is 12.1 Å². The molecule has 1 aromatic carbocycles. The van der Waals surface area contributed by atoms with E-state index in [4.69, 9.17) is 16.3 Å². The van der Waals surface area contributed by atoms with E-state index < -0.39 is 11.7 Å². The average molecular weight is 398 g/mol. The highest BCUT2D eigenvalue weighted by Crippen LogP contribution is 2.38. The van der Waals surface area contributed by atoms with Crippen molar-refractivity contribution in [2.45, 2.75) is 44.5 Å². The van der Waals surface area contributed by atoms with Crippen LogP contribution in [0.3, 0.4) is 0 Å². The summed E-state index contributed by atoms with van der Waals surface area (Å²) in [5.74, 6) is 0.999. The van der Waals surface area contributed by atoms with E-state index in [2.05, 4.69) is 22.2 Å². The number of fused-ring (bicyclic) bond motifs is 1. The fourth-order valence-electron chi connectivity index (χ4n) is 3.47. The first kappa shape index (κ1) is 18.5. The lowest BCUT2D eigenvalue weighted by Gasteiger charge is -2.28. The van der Waals surface area contributed by atoms with E-state index in [1.165, 1.54) is 25.0 Å². The van der Waals surface area contributed by atoms with Gasteiger partial charge in [-0.05, 0) is 55.0 Å². The van der Waals surface area contributed by atoms with Crippen molar-refractivity contribution in [3.8, 4) is 0 Å². The van der Waals surface area contributed by atoms with E-state index in [9.17, 15) is 13.2 Å². The molecule has 144 valence electrons. The minimum atomic E-state index is -4.36. The Morgan fingerprint density at radius 1 is 1.19 bits per heavy atom. The van der Waals surface area contributed by atoms with E-state index >= 15 is 0 Å². The van der Waals surface area contributed by atoms with Crippen molar-refractivity contribution in [2.24, 2.45) is 5.92 Å². The maximum Gasteiger partial charge on any atom is 0.416 e. The highest BCUT2D eigenvalue weighted by Gasteiger charge is 2.33. The molecule has 0 saturated heterocycles. The molecule has 0 spiro atoms. The maximum absolute atomic E-state index is 12.8. The Bertz CT molecular complexity index is 837. The summed E-state index contributed by atoms with van der Waals surface area (Å²) in [6.07, 6.45) is -1.97. The first-order valence-corrected chi connectivity index (χ1v) is 9.28. The number of nitrogens with one attached hydrogen (secondary N) is 1. The smallest absolute Gasteiger partial charge is 0.376 e. The molecule has 2 atom stereocenters. The molecule has 1 aliphatic heterocycles. The summed E-state index contributed by atoms with van der Waals surface area (Å²) in [7, 11) is 0. The average Bonchev–Trinajstić information content (AvgIpc) is 3.46. The van der Waals surface area contributed by atoms with Crippen molar-refractivity contribution >= 4 is 17.4 Å². The monoisotopic (exact) mass is 397 g/mol. The van der Waals surface area contributed by atoms with Gasteiger partial charge in [0, 0.05) is 11.6 Å². The third-order valence-electron chi connectivity index (χ3n) is 5.21. The van der Waals surface area contributed by atoms with Gasteiger partial charge in [0.15, 0.2) is 0 Å². The first-order valence-electron chi connectivity index (χ1n) is 8.90. The van der Waals surface area contributed by atoms with Crippen molar-refractivity contribution in [3.63, 3.8) is 0 Å². The van der Waals surface area contributed by atoms with Crippen molar-refractivity contribution < 1.29 is 17.9 Å². The van der Waals surface area contributed by atoms with Crippen molar-refractivity contribution in [1.29, 1.82) is 0 Å². The molecule has 1 N–H and O–H groups in total. The summed E-state index contributed by atoms with van der Waals surface area (Å²) in [6, 6.07) is 5.39. The van der Waals surface area contributed by atoms with Gasteiger partial charge in [0.2, 0.25) is 5.28 Å². The Hall–Kier alpha value is -1.86. The number of ether oxygens (including phenoxy) is 1. The van der Waals surface area contributed by atoms with Crippen molar-refractivity contribution in [3.05, 3.63) is 51.9 Å². The van der Waals surface area contributed by atoms with Gasteiger partial charge in [-0.25, -0.2) is 9.97 Å². The normalized spacial score (nSPS) is 20.9.